The Balaban J connectivity index is 1.85. The van der Waals surface area contributed by atoms with Crippen molar-refractivity contribution in [3.05, 3.63) is 59.7 Å². The minimum Gasteiger partial charge on any atom is -0.456 e. The van der Waals surface area contributed by atoms with Crippen LogP contribution >= 0.6 is 0 Å². The van der Waals surface area contributed by atoms with Gasteiger partial charge in [-0.3, -0.25) is 4.79 Å². The summed E-state index contributed by atoms with van der Waals surface area (Å²) in [6, 6.07) is 13.8. The molecule has 150 valence electrons. The zero-order chi connectivity index (χ0) is 20.4. The Bertz CT molecular complexity index is 962. The summed E-state index contributed by atoms with van der Waals surface area (Å²) in [6.07, 6.45) is 6.99. The Morgan fingerprint density at radius 2 is 1.93 bits per heavy atom. The number of fused-ring (bicyclic) bond motifs is 1. The molecule has 1 fully saturated rings. The van der Waals surface area contributed by atoms with Crippen molar-refractivity contribution in [2.24, 2.45) is 11.1 Å². The zero-order valence-electron chi connectivity index (χ0n) is 16.8. The third kappa shape index (κ3) is 3.77. The predicted molar refractivity (Wildman–Crippen MR) is 115 cm³/mol. The molecule has 1 saturated carbocycles. The molecular formula is C24H26N2O3. The van der Waals surface area contributed by atoms with Crippen LogP contribution in [0.15, 0.2) is 53.7 Å². The van der Waals surface area contributed by atoms with Crippen LogP contribution in [-0.4, -0.2) is 23.4 Å². The Labute approximate surface area is 171 Å². The predicted octanol–water partition coefficient (Wildman–Crippen LogP) is 5.42. The van der Waals surface area contributed by atoms with Crippen molar-refractivity contribution in [1.82, 2.24) is 0 Å². The number of amides is 1. The van der Waals surface area contributed by atoms with E-state index in [0.717, 1.165) is 59.6 Å². The fourth-order valence-electron chi connectivity index (χ4n) is 3.98. The summed E-state index contributed by atoms with van der Waals surface area (Å²) in [4.78, 5) is 15.0. The molecule has 0 aromatic heterocycles. The van der Waals surface area contributed by atoms with Gasteiger partial charge in [0.05, 0.1) is 11.9 Å². The number of ether oxygens (including phenoxy) is 1. The van der Waals surface area contributed by atoms with E-state index < -0.39 is 0 Å². The second kappa shape index (κ2) is 8.11. The number of allylic oxidation sites excluding steroid dienone is 2. The first-order valence-electron chi connectivity index (χ1n) is 10.2. The van der Waals surface area contributed by atoms with Crippen molar-refractivity contribution in [2.75, 3.05) is 4.90 Å². The quantitative estimate of drug-likeness (QED) is 0.421. The Kier molecular flexibility index (Phi) is 5.38. The van der Waals surface area contributed by atoms with Crippen LogP contribution in [0.1, 0.15) is 44.2 Å². The van der Waals surface area contributed by atoms with Gasteiger partial charge in [0.15, 0.2) is 0 Å². The van der Waals surface area contributed by atoms with Crippen LogP contribution in [0.3, 0.4) is 0 Å². The number of benzene rings is 2. The average molecular weight is 390 g/mol. The lowest BCUT2D eigenvalue weighted by atomic mass is 9.91. The van der Waals surface area contributed by atoms with Gasteiger partial charge < -0.3 is 14.8 Å². The molecule has 1 amide bonds. The number of oxime groups is 1. The molecule has 1 heterocycles. The Morgan fingerprint density at radius 3 is 2.59 bits per heavy atom. The number of carbonyl (C=O) groups excluding carboxylic acids is 1. The maximum atomic E-state index is 13.0. The monoisotopic (exact) mass is 390 g/mol. The van der Waals surface area contributed by atoms with E-state index >= 15 is 0 Å². The molecule has 5 heteroatoms. The van der Waals surface area contributed by atoms with Crippen molar-refractivity contribution in [1.29, 1.82) is 0 Å². The zero-order valence-corrected chi connectivity index (χ0v) is 16.8. The topological polar surface area (TPSA) is 62.1 Å². The van der Waals surface area contributed by atoms with Crippen LogP contribution in [0.4, 0.5) is 5.69 Å². The van der Waals surface area contributed by atoms with Gasteiger partial charge in [-0.2, -0.15) is 0 Å². The normalized spacial score (nSPS) is 19.3. The molecule has 1 aliphatic heterocycles. The molecule has 0 radical (unpaired) electrons. The Hall–Kier alpha value is -3.08. The van der Waals surface area contributed by atoms with Gasteiger partial charge in [0.2, 0.25) is 5.91 Å². The molecule has 1 N–H and O–H groups in total. The van der Waals surface area contributed by atoms with E-state index in [4.69, 9.17) is 9.94 Å². The number of hydrogen-bond acceptors (Lipinski definition) is 4. The van der Waals surface area contributed by atoms with E-state index in [0.29, 0.717) is 0 Å². The first-order chi connectivity index (χ1) is 14.1. The van der Waals surface area contributed by atoms with Gasteiger partial charge in [0, 0.05) is 28.7 Å². The van der Waals surface area contributed by atoms with E-state index in [1.807, 2.05) is 60.4 Å². The molecule has 0 bridgehead atoms. The molecule has 0 saturated heterocycles. The maximum Gasteiger partial charge on any atom is 0.230 e. The standard InChI is InChI=1S/C24H26N2O3/c1-3-17(15-25-28)20-13-14-22-21(23(20)29-19-7-5-4-6-8-19)12-9-16(2)26(22)24(27)18-10-11-18/h3-8,13-16,18,28H,9-12H2,1-2H3/b17-3+,25-15?. The van der Waals surface area contributed by atoms with Crippen molar-refractivity contribution < 1.29 is 14.7 Å². The summed E-state index contributed by atoms with van der Waals surface area (Å²) in [6.45, 7) is 4.01. The van der Waals surface area contributed by atoms with Crippen LogP contribution in [0.2, 0.25) is 0 Å². The number of anilines is 1. The van der Waals surface area contributed by atoms with Crippen molar-refractivity contribution in [2.45, 2.75) is 45.6 Å². The van der Waals surface area contributed by atoms with Crippen molar-refractivity contribution >= 4 is 23.4 Å². The van der Waals surface area contributed by atoms with Crippen LogP contribution in [0.5, 0.6) is 11.5 Å². The molecule has 1 aliphatic carbocycles. The van der Waals surface area contributed by atoms with E-state index in [1.165, 1.54) is 6.21 Å². The van der Waals surface area contributed by atoms with Gasteiger partial charge in [0.1, 0.15) is 11.5 Å². The highest BCUT2D eigenvalue weighted by atomic mass is 16.5. The molecule has 4 rings (SSSR count). The number of nitrogens with zero attached hydrogens (tertiary/aromatic N) is 2. The maximum absolute atomic E-state index is 13.0. The SMILES string of the molecule is C/C=C(\C=NO)c1ccc2c(c1Oc1ccccc1)CCC(C)N2C(=O)C1CC1. The summed E-state index contributed by atoms with van der Waals surface area (Å²) in [5.74, 6) is 1.84. The largest absolute Gasteiger partial charge is 0.456 e. The lowest BCUT2D eigenvalue weighted by Crippen LogP contribution is -2.43. The first-order valence-corrected chi connectivity index (χ1v) is 10.2. The lowest BCUT2D eigenvalue weighted by Gasteiger charge is -2.37. The molecule has 29 heavy (non-hydrogen) atoms. The minimum absolute atomic E-state index is 0.161. The molecule has 2 aromatic carbocycles. The fourth-order valence-corrected chi connectivity index (χ4v) is 3.98. The highest BCUT2D eigenvalue weighted by Gasteiger charge is 2.39. The molecule has 2 aromatic rings. The number of para-hydroxylation sites is 1. The van der Waals surface area contributed by atoms with Crippen LogP contribution < -0.4 is 9.64 Å². The van der Waals surface area contributed by atoms with Crippen molar-refractivity contribution in [3.63, 3.8) is 0 Å². The van der Waals surface area contributed by atoms with Gasteiger partial charge in [-0.25, -0.2) is 0 Å². The second-order valence-electron chi connectivity index (χ2n) is 7.71. The summed E-state index contributed by atoms with van der Waals surface area (Å²) in [5, 5.41) is 12.3. The number of rotatable bonds is 5. The fraction of sp³-hybridized carbons (Fsp3) is 0.333. The van der Waals surface area contributed by atoms with Crippen LogP contribution in [0, 0.1) is 5.92 Å². The molecule has 1 unspecified atom stereocenters. The molecule has 2 aliphatic rings. The minimum atomic E-state index is 0.161. The summed E-state index contributed by atoms with van der Waals surface area (Å²) < 4.78 is 6.35. The van der Waals surface area contributed by atoms with E-state index in [1.54, 1.807) is 0 Å². The number of hydrogen-bond donors (Lipinski definition) is 1. The van der Waals surface area contributed by atoms with Crippen molar-refractivity contribution in [3.8, 4) is 11.5 Å². The summed E-state index contributed by atoms with van der Waals surface area (Å²) in [7, 11) is 0. The Morgan fingerprint density at radius 1 is 1.17 bits per heavy atom. The summed E-state index contributed by atoms with van der Waals surface area (Å²) in [5.41, 5.74) is 3.58. The highest BCUT2D eigenvalue weighted by Crippen LogP contribution is 2.44. The smallest absolute Gasteiger partial charge is 0.230 e. The first kappa shape index (κ1) is 19.2. The van der Waals surface area contributed by atoms with E-state index in [9.17, 15) is 4.79 Å². The van der Waals surface area contributed by atoms with Gasteiger partial charge in [-0.1, -0.05) is 29.4 Å². The summed E-state index contributed by atoms with van der Waals surface area (Å²) >= 11 is 0. The molecular weight excluding hydrogens is 364 g/mol. The van der Waals surface area contributed by atoms with Gasteiger partial charge in [0.25, 0.3) is 0 Å². The molecule has 5 nitrogen and oxygen atoms in total. The van der Waals surface area contributed by atoms with E-state index in [-0.39, 0.29) is 17.9 Å². The van der Waals surface area contributed by atoms with Crippen LogP contribution in [0.25, 0.3) is 5.57 Å². The molecule has 1 atom stereocenters. The highest BCUT2D eigenvalue weighted by molar-refractivity contribution is 6.11. The van der Waals surface area contributed by atoms with E-state index in [2.05, 4.69) is 12.1 Å². The lowest BCUT2D eigenvalue weighted by molar-refractivity contribution is -0.120. The van der Waals surface area contributed by atoms with Gasteiger partial charge in [-0.05, 0) is 63.8 Å². The molecule has 0 spiro atoms. The average Bonchev–Trinajstić information content (AvgIpc) is 3.58. The van der Waals surface area contributed by atoms with Gasteiger partial charge >= 0.3 is 0 Å². The van der Waals surface area contributed by atoms with Crippen LogP contribution in [-0.2, 0) is 11.2 Å². The van der Waals surface area contributed by atoms with Gasteiger partial charge in [-0.15, -0.1) is 0 Å². The number of carbonyl (C=O) groups is 1. The third-order valence-corrected chi connectivity index (χ3v) is 5.69. The second-order valence-corrected chi connectivity index (χ2v) is 7.71. The third-order valence-electron chi connectivity index (χ3n) is 5.69.